The standard InChI is InChI=1S/C16H29N3S/c1-13(2)10-17-11-15-12-18-16(20-15)7-9-19-8-5-4-6-14(19)3/h12-14,17H,4-11H2,1-3H3. The van der Waals surface area contributed by atoms with Gasteiger partial charge >= 0.3 is 0 Å². The molecule has 0 radical (unpaired) electrons. The molecule has 1 aromatic rings. The molecular formula is C16H29N3S. The van der Waals surface area contributed by atoms with Crippen LogP contribution < -0.4 is 5.32 Å². The molecule has 4 heteroatoms. The van der Waals surface area contributed by atoms with Gasteiger partial charge in [0.2, 0.25) is 0 Å². The Labute approximate surface area is 127 Å². The fraction of sp³-hybridized carbons (Fsp3) is 0.812. The van der Waals surface area contributed by atoms with Crippen molar-refractivity contribution in [1.29, 1.82) is 0 Å². The molecule has 1 aromatic heterocycles. The Bertz CT molecular complexity index is 389. The Balaban J connectivity index is 1.72. The first-order chi connectivity index (χ1) is 9.65. The second kappa shape index (κ2) is 8.11. The monoisotopic (exact) mass is 295 g/mol. The smallest absolute Gasteiger partial charge is 0.0940 e. The van der Waals surface area contributed by atoms with Crippen LogP contribution in [0.1, 0.15) is 49.9 Å². The summed E-state index contributed by atoms with van der Waals surface area (Å²) in [5.74, 6) is 0.711. The fourth-order valence-electron chi connectivity index (χ4n) is 2.76. The molecule has 0 spiro atoms. The molecule has 2 heterocycles. The average Bonchev–Trinajstić information content (AvgIpc) is 2.85. The lowest BCUT2D eigenvalue weighted by Crippen LogP contribution is -2.38. The third-order valence-electron chi connectivity index (χ3n) is 4.01. The highest BCUT2D eigenvalue weighted by molar-refractivity contribution is 7.11. The lowest BCUT2D eigenvalue weighted by atomic mass is 10.0. The van der Waals surface area contributed by atoms with Gasteiger partial charge in [0.15, 0.2) is 0 Å². The molecule has 1 saturated heterocycles. The van der Waals surface area contributed by atoms with Crippen LogP contribution in [0.5, 0.6) is 0 Å². The van der Waals surface area contributed by atoms with Crippen LogP contribution in [0.2, 0.25) is 0 Å². The van der Waals surface area contributed by atoms with Gasteiger partial charge in [-0.1, -0.05) is 20.3 Å². The van der Waals surface area contributed by atoms with Crippen LogP contribution in [0.4, 0.5) is 0 Å². The summed E-state index contributed by atoms with van der Waals surface area (Å²) >= 11 is 1.87. The van der Waals surface area contributed by atoms with Gasteiger partial charge in [-0.3, -0.25) is 0 Å². The van der Waals surface area contributed by atoms with Gasteiger partial charge in [-0.05, 0) is 38.8 Å². The number of nitrogens with zero attached hydrogens (tertiary/aromatic N) is 2. The number of hydrogen-bond acceptors (Lipinski definition) is 4. The van der Waals surface area contributed by atoms with Crippen LogP contribution >= 0.6 is 11.3 Å². The van der Waals surface area contributed by atoms with E-state index < -0.39 is 0 Å². The summed E-state index contributed by atoms with van der Waals surface area (Å²) in [6, 6.07) is 0.760. The molecule has 1 atom stereocenters. The predicted octanol–water partition coefficient (Wildman–Crippen LogP) is 3.31. The Morgan fingerprint density at radius 3 is 3.05 bits per heavy atom. The number of rotatable bonds is 7. The summed E-state index contributed by atoms with van der Waals surface area (Å²) in [6.45, 7) is 11.3. The molecular weight excluding hydrogens is 266 g/mol. The highest BCUT2D eigenvalue weighted by atomic mass is 32.1. The molecule has 0 amide bonds. The van der Waals surface area contributed by atoms with Gasteiger partial charge < -0.3 is 10.2 Å². The Hall–Kier alpha value is -0.450. The number of thiazole rings is 1. The third-order valence-corrected chi connectivity index (χ3v) is 5.06. The van der Waals surface area contributed by atoms with Crippen LogP contribution in [0.3, 0.4) is 0 Å². The van der Waals surface area contributed by atoms with E-state index in [9.17, 15) is 0 Å². The van der Waals surface area contributed by atoms with Crippen molar-refractivity contribution in [2.75, 3.05) is 19.6 Å². The molecule has 20 heavy (non-hydrogen) atoms. The van der Waals surface area contributed by atoms with E-state index in [1.54, 1.807) is 0 Å². The molecule has 2 rings (SSSR count). The third kappa shape index (κ3) is 5.15. The largest absolute Gasteiger partial charge is 0.312 e. The highest BCUT2D eigenvalue weighted by Crippen LogP contribution is 2.18. The van der Waals surface area contributed by atoms with Gasteiger partial charge in [0.1, 0.15) is 0 Å². The molecule has 1 unspecified atom stereocenters. The van der Waals surface area contributed by atoms with Crippen LogP contribution in [0.15, 0.2) is 6.20 Å². The second-order valence-electron chi connectivity index (χ2n) is 6.38. The van der Waals surface area contributed by atoms with E-state index >= 15 is 0 Å². The van der Waals surface area contributed by atoms with E-state index in [1.807, 2.05) is 17.5 Å². The van der Waals surface area contributed by atoms with Crippen molar-refractivity contribution < 1.29 is 0 Å². The van der Waals surface area contributed by atoms with Gasteiger partial charge in [-0.2, -0.15) is 0 Å². The van der Waals surface area contributed by atoms with Crippen molar-refractivity contribution >= 4 is 11.3 Å². The van der Waals surface area contributed by atoms with Gasteiger partial charge in [-0.25, -0.2) is 4.98 Å². The first kappa shape index (κ1) is 15.9. The van der Waals surface area contributed by atoms with Crippen molar-refractivity contribution in [2.45, 2.75) is 59.0 Å². The average molecular weight is 295 g/mol. The molecule has 1 fully saturated rings. The minimum Gasteiger partial charge on any atom is -0.312 e. The molecule has 1 aliphatic rings. The summed E-state index contributed by atoms with van der Waals surface area (Å²) in [5, 5.41) is 4.78. The summed E-state index contributed by atoms with van der Waals surface area (Å²) in [7, 11) is 0. The summed E-state index contributed by atoms with van der Waals surface area (Å²) in [6.07, 6.45) is 7.29. The molecule has 0 aromatic carbocycles. The summed E-state index contributed by atoms with van der Waals surface area (Å²) in [4.78, 5) is 8.57. The van der Waals surface area contributed by atoms with Gasteiger partial charge in [0, 0.05) is 36.6 Å². The Morgan fingerprint density at radius 1 is 1.45 bits per heavy atom. The SMILES string of the molecule is CC(C)CNCc1cnc(CCN2CCCCC2C)s1. The van der Waals surface area contributed by atoms with E-state index in [1.165, 1.54) is 42.2 Å². The summed E-state index contributed by atoms with van der Waals surface area (Å²) in [5.41, 5.74) is 0. The predicted molar refractivity (Wildman–Crippen MR) is 87.2 cm³/mol. The zero-order chi connectivity index (χ0) is 14.4. The molecule has 0 bridgehead atoms. The van der Waals surface area contributed by atoms with E-state index in [0.29, 0.717) is 5.92 Å². The maximum absolute atomic E-state index is 4.58. The van der Waals surface area contributed by atoms with Crippen molar-refractivity contribution in [3.8, 4) is 0 Å². The Morgan fingerprint density at radius 2 is 2.30 bits per heavy atom. The number of aromatic nitrogens is 1. The van der Waals surface area contributed by atoms with Crippen LogP contribution in [-0.4, -0.2) is 35.6 Å². The van der Waals surface area contributed by atoms with Crippen molar-refractivity contribution in [2.24, 2.45) is 5.92 Å². The molecule has 114 valence electrons. The Kier molecular flexibility index (Phi) is 6.46. The zero-order valence-corrected chi connectivity index (χ0v) is 14.0. The lowest BCUT2D eigenvalue weighted by molar-refractivity contribution is 0.163. The zero-order valence-electron chi connectivity index (χ0n) is 13.2. The normalized spacial score (nSPS) is 20.7. The maximum atomic E-state index is 4.58. The van der Waals surface area contributed by atoms with Gasteiger partial charge in [0.25, 0.3) is 0 Å². The quantitative estimate of drug-likeness (QED) is 0.836. The topological polar surface area (TPSA) is 28.2 Å². The first-order valence-electron chi connectivity index (χ1n) is 8.03. The minimum atomic E-state index is 0.711. The van der Waals surface area contributed by atoms with Crippen molar-refractivity contribution in [1.82, 2.24) is 15.2 Å². The fourth-order valence-corrected chi connectivity index (χ4v) is 3.64. The molecule has 3 nitrogen and oxygen atoms in total. The number of piperidine rings is 1. The van der Waals surface area contributed by atoms with E-state index in [4.69, 9.17) is 0 Å². The number of nitrogens with one attached hydrogen (secondary N) is 1. The van der Waals surface area contributed by atoms with E-state index in [-0.39, 0.29) is 0 Å². The molecule has 1 N–H and O–H groups in total. The first-order valence-corrected chi connectivity index (χ1v) is 8.85. The number of hydrogen-bond donors (Lipinski definition) is 1. The molecule has 0 aliphatic carbocycles. The van der Waals surface area contributed by atoms with Crippen LogP contribution in [-0.2, 0) is 13.0 Å². The molecule has 0 saturated carbocycles. The van der Waals surface area contributed by atoms with Crippen molar-refractivity contribution in [3.63, 3.8) is 0 Å². The minimum absolute atomic E-state index is 0.711. The maximum Gasteiger partial charge on any atom is 0.0940 e. The highest BCUT2D eigenvalue weighted by Gasteiger charge is 2.17. The van der Waals surface area contributed by atoms with Gasteiger partial charge in [0.05, 0.1) is 5.01 Å². The lowest BCUT2D eigenvalue weighted by Gasteiger charge is -2.32. The van der Waals surface area contributed by atoms with E-state index in [2.05, 4.69) is 36.0 Å². The van der Waals surface area contributed by atoms with Crippen molar-refractivity contribution in [3.05, 3.63) is 16.1 Å². The van der Waals surface area contributed by atoms with Crippen LogP contribution in [0.25, 0.3) is 0 Å². The molecule has 1 aliphatic heterocycles. The van der Waals surface area contributed by atoms with Crippen LogP contribution in [0, 0.1) is 5.92 Å². The second-order valence-corrected chi connectivity index (χ2v) is 7.58. The van der Waals surface area contributed by atoms with E-state index in [0.717, 1.165) is 25.6 Å². The summed E-state index contributed by atoms with van der Waals surface area (Å²) < 4.78 is 0. The number of likely N-dealkylation sites (tertiary alicyclic amines) is 1. The van der Waals surface area contributed by atoms with Gasteiger partial charge in [-0.15, -0.1) is 11.3 Å².